The standard InChI is InChI=1S/C14H19N5O4/c1-6(20)8-9-10(23-14(2,3)22-9)13(21-8)19-5-18-7-11(15)16-4-17-12(7)19/h4-6,8-10,13,20H,1-3H3,(H2,15,16,17)/t6?,8-,9-,10-,13-/m1/s1. The molecule has 0 saturated carbocycles. The fraction of sp³-hybridized carbons (Fsp3) is 0.643. The van der Waals surface area contributed by atoms with E-state index >= 15 is 0 Å². The lowest BCUT2D eigenvalue weighted by molar-refractivity contribution is -0.205. The predicted molar refractivity (Wildman–Crippen MR) is 79.2 cm³/mol. The molecule has 2 aliphatic heterocycles. The average Bonchev–Trinajstić information content (AvgIpc) is 3.09. The molecule has 4 heterocycles. The third-order valence-electron chi connectivity index (χ3n) is 4.20. The molecule has 2 aliphatic rings. The average molecular weight is 321 g/mol. The lowest BCUT2D eigenvalue weighted by Crippen LogP contribution is -2.36. The van der Waals surface area contributed by atoms with Gasteiger partial charge in [-0.05, 0) is 20.8 Å². The van der Waals surface area contributed by atoms with Crippen LogP contribution in [0, 0.1) is 0 Å². The van der Waals surface area contributed by atoms with Crippen molar-refractivity contribution in [2.75, 3.05) is 5.73 Å². The maximum absolute atomic E-state index is 10.0. The summed E-state index contributed by atoms with van der Waals surface area (Å²) in [6.45, 7) is 5.35. The highest BCUT2D eigenvalue weighted by Crippen LogP contribution is 2.44. The van der Waals surface area contributed by atoms with Crippen LogP contribution in [0.3, 0.4) is 0 Å². The molecule has 2 aromatic heterocycles. The number of rotatable bonds is 2. The zero-order valence-corrected chi connectivity index (χ0v) is 13.1. The number of nitrogen functional groups attached to an aromatic ring is 1. The van der Waals surface area contributed by atoms with Gasteiger partial charge in [0.25, 0.3) is 0 Å². The first kappa shape index (κ1) is 14.8. The van der Waals surface area contributed by atoms with Crippen molar-refractivity contribution in [3.63, 3.8) is 0 Å². The quantitative estimate of drug-likeness (QED) is 0.806. The van der Waals surface area contributed by atoms with Crippen molar-refractivity contribution in [2.45, 2.75) is 57.2 Å². The van der Waals surface area contributed by atoms with E-state index in [2.05, 4.69) is 15.0 Å². The van der Waals surface area contributed by atoms with Gasteiger partial charge in [-0.25, -0.2) is 15.0 Å². The Balaban J connectivity index is 1.77. The van der Waals surface area contributed by atoms with Crippen molar-refractivity contribution in [1.29, 1.82) is 0 Å². The Labute approximate surface area is 132 Å². The number of aromatic nitrogens is 4. The van der Waals surface area contributed by atoms with E-state index in [0.29, 0.717) is 17.0 Å². The minimum atomic E-state index is -0.741. The number of aliphatic hydroxyl groups is 1. The maximum atomic E-state index is 10.0. The van der Waals surface area contributed by atoms with Gasteiger partial charge >= 0.3 is 0 Å². The number of ether oxygens (including phenoxy) is 3. The van der Waals surface area contributed by atoms with E-state index in [9.17, 15) is 5.11 Å². The highest BCUT2D eigenvalue weighted by molar-refractivity contribution is 5.81. The molecule has 9 nitrogen and oxygen atoms in total. The number of nitrogens with two attached hydrogens (primary N) is 1. The third-order valence-corrected chi connectivity index (χ3v) is 4.20. The Kier molecular flexibility index (Phi) is 3.11. The summed E-state index contributed by atoms with van der Waals surface area (Å²) in [5, 5.41) is 10.0. The highest BCUT2D eigenvalue weighted by atomic mass is 16.8. The second kappa shape index (κ2) is 4.84. The van der Waals surface area contributed by atoms with Gasteiger partial charge < -0.3 is 25.1 Å². The molecule has 23 heavy (non-hydrogen) atoms. The number of anilines is 1. The van der Waals surface area contributed by atoms with Gasteiger partial charge in [0.2, 0.25) is 0 Å². The summed E-state index contributed by atoms with van der Waals surface area (Å²) in [7, 11) is 0. The molecular weight excluding hydrogens is 302 g/mol. The van der Waals surface area contributed by atoms with E-state index < -0.39 is 24.2 Å². The van der Waals surface area contributed by atoms with Crippen LogP contribution in [-0.4, -0.2) is 54.8 Å². The summed E-state index contributed by atoms with van der Waals surface area (Å²) in [5.74, 6) is -0.436. The van der Waals surface area contributed by atoms with Gasteiger partial charge in [-0.3, -0.25) is 4.57 Å². The molecule has 0 amide bonds. The van der Waals surface area contributed by atoms with Gasteiger partial charge in [-0.15, -0.1) is 0 Å². The van der Waals surface area contributed by atoms with Crippen molar-refractivity contribution in [2.24, 2.45) is 0 Å². The van der Waals surface area contributed by atoms with Crippen LogP contribution >= 0.6 is 0 Å². The van der Waals surface area contributed by atoms with Crippen LogP contribution in [0.25, 0.3) is 11.2 Å². The van der Waals surface area contributed by atoms with E-state index in [0.717, 1.165) is 0 Å². The molecular formula is C14H19N5O4. The van der Waals surface area contributed by atoms with Crippen molar-refractivity contribution < 1.29 is 19.3 Å². The summed E-state index contributed by atoms with van der Waals surface area (Å²) < 4.78 is 19.6. The SMILES string of the molecule is CC(O)[C@H]1O[C@@H](n2cnc3c(N)ncnc32)[C@@H]2OC(C)(C)O[C@@H]21. The second-order valence-electron chi connectivity index (χ2n) is 6.38. The number of hydrogen-bond donors (Lipinski definition) is 2. The van der Waals surface area contributed by atoms with E-state index in [-0.39, 0.29) is 12.2 Å². The Morgan fingerprint density at radius 2 is 2.00 bits per heavy atom. The van der Waals surface area contributed by atoms with Crippen molar-refractivity contribution in [3.05, 3.63) is 12.7 Å². The lowest BCUT2D eigenvalue weighted by Gasteiger charge is -2.25. The highest BCUT2D eigenvalue weighted by Gasteiger charge is 2.57. The van der Waals surface area contributed by atoms with Gasteiger partial charge in [0.15, 0.2) is 23.5 Å². The Bertz CT molecular complexity index is 746. The molecule has 0 radical (unpaired) electrons. The number of nitrogens with zero attached hydrogens (tertiary/aromatic N) is 4. The number of imidazole rings is 1. The van der Waals surface area contributed by atoms with Crippen molar-refractivity contribution >= 4 is 17.0 Å². The molecule has 9 heteroatoms. The van der Waals surface area contributed by atoms with Crippen LogP contribution in [0.15, 0.2) is 12.7 Å². The van der Waals surface area contributed by atoms with Crippen LogP contribution < -0.4 is 5.73 Å². The fourth-order valence-electron chi connectivity index (χ4n) is 3.28. The van der Waals surface area contributed by atoms with Crippen molar-refractivity contribution in [1.82, 2.24) is 19.5 Å². The van der Waals surface area contributed by atoms with Crippen LogP contribution in [-0.2, 0) is 14.2 Å². The van der Waals surface area contributed by atoms with Gasteiger partial charge in [0.05, 0.1) is 12.4 Å². The summed E-state index contributed by atoms with van der Waals surface area (Å²) in [6, 6.07) is 0. The predicted octanol–water partition coefficient (Wildman–Crippen LogP) is 0.207. The molecule has 0 spiro atoms. The lowest BCUT2D eigenvalue weighted by atomic mass is 10.1. The Morgan fingerprint density at radius 1 is 1.26 bits per heavy atom. The van der Waals surface area contributed by atoms with Gasteiger partial charge in [0.1, 0.15) is 30.2 Å². The zero-order valence-electron chi connectivity index (χ0n) is 13.1. The smallest absolute Gasteiger partial charge is 0.167 e. The Morgan fingerprint density at radius 3 is 2.74 bits per heavy atom. The minimum Gasteiger partial charge on any atom is -0.391 e. The first-order valence-corrected chi connectivity index (χ1v) is 7.49. The number of fused-ring (bicyclic) bond motifs is 2. The van der Waals surface area contributed by atoms with E-state index in [1.54, 1.807) is 17.8 Å². The van der Waals surface area contributed by atoms with Crippen LogP contribution in [0.4, 0.5) is 5.82 Å². The molecule has 0 bridgehead atoms. The van der Waals surface area contributed by atoms with Crippen LogP contribution in [0.2, 0.25) is 0 Å². The third kappa shape index (κ3) is 2.19. The topological polar surface area (TPSA) is 118 Å². The van der Waals surface area contributed by atoms with E-state index in [4.69, 9.17) is 19.9 Å². The molecule has 1 unspecified atom stereocenters. The zero-order chi connectivity index (χ0) is 16.4. The molecule has 2 saturated heterocycles. The molecule has 2 fully saturated rings. The minimum absolute atomic E-state index is 0.305. The summed E-state index contributed by atoms with van der Waals surface area (Å²) in [6.07, 6.45) is 0.523. The molecule has 0 aromatic carbocycles. The molecule has 0 aliphatic carbocycles. The summed E-state index contributed by atoms with van der Waals surface area (Å²) >= 11 is 0. The molecule has 2 aromatic rings. The first-order chi connectivity index (χ1) is 10.9. The number of hydrogen-bond acceptors (Lipinski definition) is 8. The maximum Gasteiger partial charge on any atom is 0.167 e. The fourth-order valence-corrected chi connectivity index (χ4v) is 3.28. The van der Waals surface area contributed by atoms with E-state index in [1.807, 2.05) is 13.8 Å². The number of aliphatic hydroxyl groups excluding tert-OH is 1. The Hall–Kier alpha value is -1.81. The molecule has 4 rings (SSSR count). The van der Waals surface area contributed by atoms with Gasteiger partial charge in [0, 0.05) is 0 Å². The van der Waals surface area contributed by atoms with Crippen molar-refractivity contribution in [3.8, 4) is 0 Å². The van der Waals surface area contributed by atoms with E-state index in [1.165, 1.54) is 6.33 Å². The molecule has 3 N–H and O–H groups in total. The van der Waals surface area contributed by atoms with Gasteiger partial charge in [-0.1, -0.05) is 0 Å². The summed E-state index contributed by atoms with van der Waals surface area (Å²) in [5.41, 5.74) is 6.89. The first-order valence-electron chi connectivity index (χ1n) is 7.49. The largest absolute Gasteiger partial charge is 0.391 e. The summed E-state index contributed by atoms with van der Waals surface area (Å²) in [4.78, 5) is 12.4. The van der Waals surface area contributed by atoms with Gasteiger partial charge in [-0.2, -0.15) is 0 Å². The second-order valence-corrected chi connectivity index (χ2v) is 6.38. The normalized spacial score (nSPS) is 33.9. The van der Waals surface area contributed by atoms with Crippen LogP contribution in [0.1, 0.15) is 27.0 Å². The molecule has 124 valence electrons. The molecule has 5 atom stereocenters. The monoisotopic (exact) mass is 321 g/mol. The van der Waals surface area contributed by atoms with Crippen LogP contribution in [0.5, 0.6) is 0 Å².